The minimum Gasteiger partial charge on any atom is -0.483 e. The Balaban J connectivity index is 1.55. The summed E-state index contributed by atoms with van der Waals surface area (Å²) >= 11 is 7.11. The molecule has 0 atom stereocenters. The van der Waals surface area contributed by atoms with Crippen LogP contribution in [0.1, 0.15) is 52.7 Å². The summed E-state index contributed by atoms with van der Waals surface area (Å²) in [5.74, 6) is 0.904. The number of nitrogens with zero attached hydrogens (tertiary/aromatic N) is 2. The van der Waals surface area contributed by atoms with Crippen molar-refractivity contribution in [3.8, 4) is 11.5 Å². The van der Waals surface area contributed by atoms with Crippen LogP contribution in [-0.4, -0.2) is 38.1 Å². The highest BCUT2D eigenvalue weighted by molar-refractivity contribution is 9.10. The minimum absolute atomic E-state index is 0.152. The highest BCUT2D eigenvalue weighted by Crippen LogP contribution is 2.35. The normalized spacial score (nSPS) is 11.6. The molecule has 0 spiro atoms. The molecule has 0 unspecified atom stereocenters. The molecule has 2 amide bonds. The highest BCUT2D eigenvalue weighted by atomic mass is 79.9. The number of ether oxygens (including phenoxy) is 2. The lowest BCUT2D eigenvalue weighted by Gasteiger charge is -2.29. The van der Waals surface area contributed by atoms with Crippen LogP contribution >= 0.6 is 31.9 Å². The first-order valence-electron chi connectivity index (χ1n) is 15.3. The third kappa shape index (κ3) is 9.46. The molecule has 0 aliphatic carbocycles. The fraction of sp³-hybridized carbons (Fsp3) is 0.316. The predicted molar refractivity (Wildman–Crippen MR) is 194 cm³/mol. The van der Waals surface area contributed by atoms with Crippen molar-refractivity contribution in [2.45, 2.75) is 52.4 Å². The van der Waals surface area contributed by atoms with Crippen molar-refractivity contribution in [3.63, 3.8) is 0 Å². The molecule has 0 aromatic heterocycles. The number of carbonyl (C=O) groups excluding carboxylic acids is 2. The van der Waals surface area contributed by atoms with Crippen LogP contribution in [0.15, 0.2) is 106 Å². The summed E-state index contributed by atoms with van der Waals surface area (Å²) in [5, 5.41) is 0. The van der Waals surface area contributed by atoms with E-state index in [1.165, 1.54) is 0 Å². The van der Waals surface area contributed by atoms with Crippen molar-refractivity contribution >= 4 is 55.0 Å². The number of hydrogen-bond acceptors (Lipinski definition) is 4. The van der Waals surface area contributed by atoms with Crippen molar-refractivity contribution in [3.05, 3.63) is 117 Å². The van der Waals surface area contributed by atoms with Gasteiger partial charge in [0.15, 0.2) is 13.2 Å². The summed E-state index contributed by atoms with van der Waals surface area (Å²) in [5.41, 5.74) is 3.10. The smallest absolute Gasteiger partial charge is 0.264 e. The Morgan fingerprint density at radius 1 is 0.565 bits per heavy atom. The molecule has 0 N–H and O–H groups in total. The molecule has 6 nitrogen and oxygen atoms in total. The van der Waals surface area contributed by atoms with Crippen LogP contribution in [0.3, 0.4) is 0 Å². The SMILES string of the molecule is CC(C)(C)c1cc(Br)ccc1OCC(=O)N(CCN(C(=O)COc1ccc(Br)cc1C(C)(C)C)c1ccccc1)c1ccccc1. The van der Waals surface area contributed by atoms with Gasteiger partial charge in [0.25, 0.3) is 11.8 Å². The van der Waals surface area contributed by atoms with E-state index in [0.717, 1.165) is 31.4 Å². The first kappa shape index (κ1) is 35.2. The molecule has 0 saturated heterocycles. The molecule has 0 saturated carbocycles. The second-order valence-corrected chi connectivity index (χ2v) is 15.0. The van der Waals surface area contributed by atoms with Crippen LogP contribution in [0.2, 0.25) is 0 Å². The fourth-order valence-electron chi connectivity index (χ4n) is 5.07. The molecule has 0 aliphatic rings. The monoisotopic (exact) mass is 748 g/mol. The van der Waals surface area contributed by atoms with Gasteiger partial charge in [0, 0.05) is 44.5 Å². The van der Waals surface area contributed by atoms with Gasteiger partial charge in [-0.15, -0.1) is 0 Å². The number of carbonyl (C=O) groups is 2. The predicted octanol–water partition coefficient (Wildman–Crippen LogP) is 9.33. The van der Waals surface area contributed by atoms with Crippen LogP contribution in [0.4, 0.5) is 11.4 Å². The summed E-state index contributed by atoms with van der Waals surface area (Å²) in [6.45, 7) is 12.9. The van der Waals surface area contributed by atoms with Crippen LogP contribution < -0.4 is 19.3 Å². The molecule has 0 aliphatic heterocycles. The summed E-state index contributed by atoms with van der Waals surface area (Å²) in [4.78, 5) is 30.9. The van der Waals surface area contributed by atoms with Gasteiger partial charge in [-0.05, 0) is 71.5 Å². The Bertz CT molecular complexity index is 1510. The van der Waals surface area contributed by atoms with Crippen LogP contribution in [0.25, 0.3) is 0 Å². The van der Waals surface area contributed by atoms with E-state index in [0.29, 0.717) is 11.5 Å². The summed E-state index contributed by atoms with van der Waals surface area (Å²) in [6.07, 6.45) is 0. The van der Waals surface area contributed by atoms with Crippen molar-refractivity contribution < 1.29 is 19.1 Å². The van der Waals surface area contributed by atoms with Gasteiger partial charge in [0.2, 0.25) is 0 Å². The standard InChI is InChI=1S/C38H42Br2N2O4/c1-37(2,3)31-23-27(39)17-19-33(31)45-25-35(43)41(29-13-9-7-10-14-29)21-22-42(30-15-11-8-12-16-30)36(44)26-46-34-20-18-28(40)24-32(34)38(4,5)6/h7-20,23-24H,21-22,25-26H2,1-6H3. The second-order valence-electron chi connectivity index (χ2n) is 13.1. The van der Waals surface area contributed by atoms with Gasteiger partial charge in [-0.2, -0.15) is 0 Å². The largest absolute Gasteiger partial charge is 0.483 e. The van der Waals surface area contributed by atoms with Crippen molar-refractivity contribution in [2.75, 3.05) is 36.1 Å². The molecule has 4 aromatic rings. The van der Waals surface area contributed by atoms with E-state index in [-0.39, 0.29) is 48.9 Å². The maximum Gasteiger partial charge on any atom is 0.264 e. The zero-order valence-electron chi connectivity index (χ0n) is 27.3. The molecule has 4 aromatic carbocycles. The molecular weight excluding hydrogens is 708 g/mol. The Kier molecular flexibility index (Phi) is 11.7. The average Bonchev–Trinajstić information content (AvgIpc) is 3.01. The maximum absolute atomic E-state index is 13.8. The molecular formula is C38H42Br2N2O4. The van der Waals surface area contributed by atoms with E-state index in [1.54, 1.807) is 9.80 Å². The Hall–Kier alpha value is -3.62. The third-order valence-corrected chi connectivity index (χ3v) is 8.47. The molecule has 4 rings (SSSR count). The number of halogens is 2. The van der Waals surface area contributed by atoms with Gasteiger partial charge in [-0.3, -0.25) is 9.59 Å². The molecule has 0 heterocycles. The first-order chi connectivity index (χ1) is 21.7. The van der Waals surface area contributed by atoms with E-state index >= 15 is 0 Å². The average molecular weight is 751 g/mol. The molecule has 0 radical (unpaired) electrons. The van der Waals surface area contributed by atoms with E-state index in [2.05, 4.69) is 73.4 Å². The van der Waals surface area contributed by atoms with Crippen molar-refractivity contribution in [1.82, 2.24) is 0 Å². The molecule has 46 heavy (non-hydrogen) atoms. The van der Waals surface area contributed by atoms with Crippen molar-refractivity contribution in [2.24, 2.45) is 0 Å². The van der Waals surface area contributed by atoms with Gasteiger partial charge in [0.1, 0.15) is 11.5 Å². The number of rotatable bonds is 11. The number of para-hydroxylation sites is 2. The van der Waals surface area contributed by atoms with E-state index in [9.17, 15) is 9.59 Å². The van der Waals surface area contributed by atoms with E-state index in [4.69, 9.17) is 9.47 Å². The Labute approximate surface area is 290 Å². The van der Waals surface area contributed by atoms with Crippen LogP contribution in [0.5, 0.6) is 11.5 Å². The fourth-order valence-corrected chi connectivity index (χ4v) is 5.80. The van der Waals surface area contributed by atoms with Gasteiger partial charge in [0.05, 0.1) is 0 Å². The quantitative estimate of drug-likeness (QED) is 0.153. The molecule has 8 heteroatoms. The van der Waals surface area contributed by atoms with Crippen LogP contribution in [-0.2, 0) is 20.4 Å². The van der Waals surface area contributed by atoms with Gasteiger partial charge in [-0.1, -0.05) is 110 Å². The topological polar surface area (TPSA) is 59.1 Å². The van der Waals surface area contributed by atoms with E-state index in [1.807, 2.05) is 97.1 Å². The molecule has 0 fully saturated rings. The first-order valence-corrected chi connectivity index (χ1v) is 16.9. The van der Waals surface area contributed by atoms with Gasteiger partial charge in [-0.25, -0.2) is 0 Å². The Morgan fingerprint density at radius 3 is 1.24 bits per heavy atom. The second kappa shape index (κ2) is 15.3. The number of benzene rings is 4. The number of hydrogen-bond donors (Lipinski definition) is 0. The maximum atomic E-state index is 13.8. The zero-order chi connectivity index (χ0) is 33.5. The molecule has 0 bridgehead atoms. The summed E-state index contributed by atoms with van der Waals surface area (Å²) < 4.78 is 14.2. The lowest BCUT2D eigenvalue weighted by molar-refractivity contribution is -0.122. The molecule has 242 valence electrons. The highest BCUT2D eigenvalue weighted by Gasteiger charge is 2.25. The summed E-state index contributed by atoms with van der Waals surface area (Å²) in [6, 6.07) is 30.6. The van der Waals surface area contributed by atoms with Crippen LogP contribution in [0, 0.1) is 0 Å². The third-order valence-electron chi connectivity index (χ3n) is 7.49. The van der Waals surface area contributed by atoms with Gasteiger partial charge >= 0.3 is 0 Å². The minimum atomic E-state index is -0.213. The van der Waals surface area contributed by atoms with E-state index < -0.39 is 0 Å². The number of amides is 2. The Morgan fingerprint density at radius 2 is 0.913 bits per heavy atom. The van der Waals surface area contributed by atoms with Gasteiger partial charge < -0.3 is 19.3 Å². The lowest BCUT2D eigenvalue weighted by Crippen LogP contribution is -2.44. The zero-order valence-corrected chi connectivity index (χ0v) is 30.5. The number of anilines is 2. The van der Waals surface area contributed by atoms with Crippen molar-refractivity contribution in [1.29, 1.82) is 0 Å². The summed E-state index contributed by atoms with van der Waals surface area (Å²) in [7, 11) is 0. The lowest BCUT2D eigenvalue weighted by atomic mass is 9.86.